The predicted molar refractivity (Wildman–Crippen MR) is 79.7 cm³/mol. The van der Waals surface area contributed by atoms with Crippen LogP contribution in [0.25, 0.3) is 0 Å². The Hall–Kier alpha value is -1.68. The van der Waals surface area contributed by atoms with Gasteiger partial charge in [0.2, 0.25) is 0 Å². The number of rotatable bonds is 4. The van der Waals surface area contributed by atoms with Crippen molar-refractivity contribution in [1.82, 2.24) is 0 Å². The van der Waals surface area contributed by atoms with E-state index in [1.807, 2.05) is 6.92 Å². The molecule has 0 saturated carbocycles. The van der Waals surface area contributed by atoms with Gasteiger partial charge in [0.05, 0.1) is 12.5 Å². The van der Waals surface area contributed by atoms with Crippen LogP contribution in [0.3, 0.4) is 0 Å². The lowest BCUT2D eigenvalue weighted by Crippen LogP contribution is -2.20. The second-order valence-electron chi connectivity index (χ2n) is 4.89. The minimum atomic E-state index is -4.25. The molecule has 0 bridgehead atoms. The summed E-state index contributed by atoms with van der Waals surface area (Å²) in [5, 5.41) is 3.44. The quantitative estimate of drug-likeness (QED) is 0.757. The van der Waals surface area contributed by atoms with E-state index in [2.05, 4.69) is 5.32 Å². The molecule has 2 rings (SSSR count). The summed E-state index contributed by atoms with van der Waals surface area (Å²) < 4.78 is 38.4. The Balaban J connectivity index is 2.30. The maximum Gasteiger partial charge on any atom is 0.391 e. The summed E-state index contributed by atoms with van der Waals surface area (Å²) in [7, 11) is 0. The SMILES string of the molecule is Cc1ccc(Cl)cc1NC(CC(F)(F)F)c1ccccc1. The summed E-state index contributed by atoms with van der Waals surface area (Å²) >= 11 is 5.92. The molecule has 0 fully saturated rings. The summed E-state index contributed by atoms with van der Waals surface area (Å²) in [5.74, 6) is 0. The van der Waals surface area contributed by atoms with Gasteiger partial charge in [0.25, 0.3) is 0 Å². The van der Waals surface area contributed by atoms with E-state index in [-0.39, 0.29) is 0 Å². The Kier molecular flexibility index (Phi) is 4.78. The molecule has 0 aliphatic carbocycles. The van der Waals surface area contributed by atoms with Gasteiger partial charge in [-0.1, -0.05) is 48.0 Å². The average molecular weight is 314 g/mol. The lowest BCUT2D eigenvalue weighted by Gasteiger charge is -2.23. The van der Waals surface area contributed by atoms with Crippen molar-refractivity contribution < 1.29 is 13.2 Å². The smallest absolute Gasteiger partial charge is 0.378 e. The van der Waals surface area contributed by atoms with Crippen molar-refractivity contribution in [2.45, 2.75) is 25.6 Å². The Labute approximate surface area is 126 Å². The third-order valence-corrected chi connectivity index (χ3v) is 3.40. The molecule has 21 heavy (non-hydrogen) atoms. The van der Waals surface area contributed by atoms with Gasteiger partial charge < -0.3 is 5.32 Å². The molecule has 0 heterocycles. The molecule has 2 aromatic carbocycles. The molecule has 0 aliphatic rings. The Morgan fingerprint density at radius 2 is 1.76 bits per heavy atom. The predicted octanol–water partition coefficient (Wildman–Crippen LogP) is 5.75. The van der Waals surface area contributed by atoms with Crippen molar-refractivity contribution in [2.75, 3.05) is 5.32 Å². The number of aryl methyl sites for hydroxylation is 1. The number of anilines is 1. The molecule has 0 radical (unpaired) electrons. The number of hydrogen-bond acceptors (Lipinski definition) is 1. The van der Waals surface area contributed by atoms with Crippen molar-refractivity contribution >= 4 is 17.3 Å². The zero-order valence-electron chi connectivity index (χ0n) is 11.4. The monoisotopic (exact) mass is 313 g/mol. The molecule has 1 nitrogen and oxygen atoms in total. The van der Waals surface area contributed by atoms with Gasteiger partial charge in [0, 0.05) is 10.7 Å². The molecule has 112 valence electrons. The van der Waals surface area contributed by atoms with E-state index < -0.39 is 18.6 Å². The molecular weight excluding hydrogens is 299 g/mol. The maximum absolute atomic E-state index is 12.8. The third kappa shape index (κ3) is 4.67. The lowest BCUT2D eigenvalue weighted by atomic mass is 10.0. The first kappa shape index (κ1) is 15.7. The van der Waals surface area contributed by atoms with Gasteiger partial charge in [-0.2, -0.15) is 13.2 Å². The standard InChI is InChI=1S/C16H15ClF3N/c1-11-7-8-13(17)9-14(11)21-15(10-16(18,19)20)12-5-3-2-4-6-12/h2-9,15,21H,10H2,1H3. The number of hydrogen-bond donors (Lipinski definition) is 1. The number of benzene rings is 2. The van der Waals surface area contributed by atoms with Crippen LogP contribution in [0.5, 0.6) is 0 Å². The Morgan fingerprint density at radius 3 is 2.38 bits per heavy atom. The molecule has 0 aromatic heterocycles. The second kappa shape index (κ2) is 6.39. The first-order valence-corrected chi connectivity index (χ1v) is 6.87. The van der Waals surface area contributed by atoms with Gasteiger partial charge in [-0.25, -0.2) is 0 Å². The van der Waals surface area contributed by atoms with Gasteiger partial charge in [-0.05, 0) is 30.2 Å². The van der Waals surface area contributed by atoms with Crippen LogP contribution in [0, 0.1) is 6.92 Å². The van der Waals surface area contributed by atoms with Crippen LogP contribution in [0.2, 0.25) is 5.02 Å². The van der Waals surface area contributed by atoms with Crippen LogP contribution in [-0.2, 0) is 0 Å². The molecule has 0 spiro atoms. The van der Waals surface area contributed by atoms with Crippen molar-refractivity contribution in [3.05, 3.63) is 64.7 Å². The van der Waals surface area contributed by atoms with Crippen LogP contribution in [0.1, 0.15) is 23.6 Å². The zero-order chi connectivity index (χ0) is 15.5. The second-order valence-corrected chi connectivity index (χ2v) is 5.32. The van der Waals surface area contributed by atoms with Crippen molar-refractivity contribution in [3.63, 3.8) is 0 Å². The van der Waals surface area contributed by atoms with Crippen LogP contribution in [0.4, 0.5) is 18.9 Å². The topological polar surface area (TPSA) is 12.0 Å². The Morgan fingerprint density at radius 1 is 1.10 bits per heavy atom. The summed E-state index contributed by atoms with van der Waals surface area (Å²) in [6.07, 6.45) is -5.19. The minimum Gasteiger partial charge on any atom is -0.378 e. The van der Waals surface area contributed by atoms with E-state index in [0.717, 1.165) is 5.56 Å². The summed E-state index contributed by atoms with van der Waals surface area (Å²) in [6, 6.07) is 12.9. The minimum absolute atomic E-state index is 0.488. The van der Waals surface area contributed by atoms with E-state index >= 15 is 0 Å². The molecule has 1 N–H and O–H groups in total. The molecular formula is C16H15ClF3N. The van der Waals surface area contributed by atoms with Crippen LogP contribution >= 0.6 is 11.6 Å². The molecule has 2 aromatic rings. The van der Waals surface area contributed by atoms with E-state index in [1.54, 1.807) is 48.5 Å². The van der Waals surface area contributed by atoms with E-state index in [9.17, 15) is 13.2 Å². The molecule has 0 saturated heterocycles. The van der Waals surface area contributed by atoms with Crippen LogP contribution in [-0.4, -0.2) is 6.18 Å². The molecule has 1 atom stereocenters. The van der Waals surface area contributed by atoms with Gasteiger partial charge in [-0.3, -0.25) is 0 Å². The normalized spacial score (nSPS) is 13.0. The number of alkyl halides is 3. The summed E-state index contributed by atoms with van der Waals surface area (Å²) in [4.78, 5) is 0. The fourth-order valence-corrected chi connectivity index (χ4v) is 2.28. The summed E-state index contributed by atoms with van der Waals surface area (Å²) in [6.45, 7) is 1.83. The molecule has 0 amide bonds. The largest absolute Gasteiger partial charge is 0.391 e. The molecule has 5 heteroatoms. The van der Waals surface area contributed by atoms with Gasteiger partial charge >= 0.3 is 6.18 Å². The van der Waals surface area contributed by atoms with Crippen molar-refractivity contribution in [3.8, 4) is 0 Å². The molecule has 0 aliphatic heterocycles. The van der Waals surface area contributed by atoms with Gasteiger partial charge in [0.1, 0.15) is 0 Å². The highest BCUT2D eigenvalue weighted by molar-refractivity contribution is 6.30. The molecule has 1 unspecified atom stereocenters. The maximum atomic E-state index is 12.8. The fourth-order valence-electron chi connectivity index (χ4n) is 2.11. The number of nitrogens with one attached hydrogen (secondary N) is 1. The highest BCUT2D eigenvalue weighted by Gasteiger charge is 2.32. The highest BCUT2D eigenvalue weighted by atomic mass is 35.5. The first-order chi connectivity index (χ1) is 9.85. The van der Waals surface area contributed by atoms with E-state index in [1.165, 1.54) is 0 Å². The van der Waals surface area contributed by atoms with Crippen molar-refractivity contribution in [2.24, 2.45) is 0 Å². The first-order valence-electron chi connectivity index (χ1n) is 6.49. The van der Waals surface area contributed by atoms with E-state index in [4.69, 9.17) is 11.6 Å². The van der Waals surface area contributed by atoms with Crippen LogP contribution in [0.15, 0.2) is 48.5 Å². The van der Waals surface area contributed by atoms with Gasteiger partial charge in [-0.15, -0.1) is 0 Å². The summed E-state index contributed by atoms with van der Waals surface area (Å²) in [5.41, 5.74) is 2.05. The lowest BCUT2D eigenvalue weighted by molar-refractivity contribution is -0.137. The number of halogens is 4. The van der Waals surface area contributed by atoms with Gasteiger partial charge in [0.15, 0.2) is 0 Å². The fraction of sp³-hybridized carbons (Fsp3) is 0.250. The third-order valence-electron chi connectivity index (χ3n) is 3.17. The Bertz CT molecular complexity index is 596. The highest BCUT2D eigenvalue weighted by Crippen LogP contribution is 2.33. The average Bonchev–Trinajstić information content (AvgIpc) is 2.42. The van der Waals surface area contributed by atoms with E-state index in [0.29, 0.717) is 16.3 Å². The zero-order valence-corrected chi connectivity index (χ0v) is 12.2. The van der Waals surface area contributed by atoms with Crippen LogP contribution < -0.4 is 5.32 Å². The van der Waals surface area contributed by atoms with Crippen molar-refractivity contribution in [1.29, 1.82) is 0 Å².